The van der Waals surface area contributed by atoms with Crippen LogP contribution < -0.4 is 19.6 Å². The van der Waals surface area contributed by atoms with Gasteiger partial charge in [0.2, 0.25) is 0 Å². The molecule has 4 nitrogen and oxygen atoms in total. The summed E-state index contributed by atoms with van der Waals surface area (Å²) >= 11 is 0. The molecule has 4 heteroatoms. The van der Waals surface area contributed by atoms with Gasteiger partial charge in [-0.1, -0.05) is 162 Å². The van der Waals surface area contributed by atoms with Crippen molar-refractivity contribution < 1.29 is 0 Å². The van der Waals surface area contributed by atoms with E-state index in [1.165, 1.54) is 127 Å². The first kappa shape index (κ1) is 38.2. The molecule has 9 aromatic rings. The summed E-state index contributed by atoms with van der Waals surface area (Å²) in [6.07, 6.45) is 9.67. The first-order chi connectivity index (χ1) is 30.7. The molecule has 0 N–H and O–H groups in total. The Morgan fingerprint density at radius 2 is 0.500 bits per heavy atom. The van der Waals surface area contributed by atoms with Gasteiger partial charge in [0, 0.05) is 13.1 Å². The van der Waals surface area contributed by atoms with Crippen LogP contribution in [-0.2, 0) is 0 Å². The number of hydrogen-bond donors (Lipinski definition) is 0. The van der Waals surface area contributed by atoms with Crippen LogP contribution in [0.1, 0.15) is 65.2 Å². The third-order valence-corrected chi connectivity index (χ3v) is 13.3. The Morgan fingerprint density at radius 1 is 0.258 bits per heavy atom. The van der Waals surface area contributed by atoms with E-state index in [1.807, 2.05) is 0 Å². The highest BCUT2D eigenvalue weighted by atomic mass is 15.3. The first-order valence-electron chi connectivity index (χ1n) is 23.0. The summed E-state index contributed by atoms with van der Waals surface area (Å²) in [5.74, 6) is 0. The van der Waals surface area contributed by atoms with Crippen LogP contribution in [0.5, 0.6) is 0 Å². The number of rotatable bonds is 12. The zero-order valence-corrected chi connectivity index (χ0v) is 36.0. The van der Waals surface area contributed by atoms with E-state index in [-0.39, 0.29) is 0 Å². The summed E-state index contributed by atoms with van der Waals surface area (Å²) in [5.41, 5.74) is 12.2. The molecule has 62 heavy (non-hydrogen) atoms. The fraction of sp³-hybridized carbons (Fsp3) is 0.207. The van der Waals surface area contributed by atoms with Crippen LogP contribution in [0.2, 0.25) is 0 Å². The van der Waals surface area contributed by atoms with Gasteiger partial charge in [-0.15, -0.1) is 0 Å². The lowest BCUT2D eigenvalue weighted by Gasteiger charge is -2.44. The van der Waals surface area contributed by atoms with Crippen molar-refractivity contribution in [2.24, 2.45) is 0 Å². The van der Waals surface area contributed by atoms with E-state index < -0.39 is 0 Å². The Labute approximate surface area is 366 Å². The second kappa shape index (κ2) is 16.2. The van der Waals surface area contributed by atoms with Gasteiger partial charge in [0.05, 0.1) is 56.9 Å². The van der Waals surface area contributed by atoms with E-state index in [0.29, 0.717) is 0 Å². The van der Waals surface area contributed by atoms with E-state index >= 15 is 0 Å². The molecule has 0 amide bonds. The Bertz CT molecular complexity index is 2730. The summed E-state index contributed by atoms with van der Waals surface area (Å²) in [5, 5.41) is 10.0. The summed E-state index contributed by atoms with van der Waals surface area (Å²) in [6, 6.07) is 64.2. The highest BCUT2D eigenvalue weighted by Gasteiger charge is 2.36. The molecule has 2 aliphatic heterocycles. The number of anilines is 10. The second-order valence-electron chi connectivity index (χ2n) is 17.3. The van der Waals surface area contributed by atoms with Crippen molar-refractivity contribution in [2.45, 2.75) is 65.2 Å². The van der Waals surface area contributed by atoms with Crippen LogP contribution in [0.4, 0.5) is 56.9 Å². The van der Waals surface area contributed by atoms with Crippen LogP contribution in [0.15, 0.2) is 170 Å². The van der Waals surface area contributed by atoms with Gasteiger partial charge >= 0.3 is 0 Å². The van der Waals surface area contributed by atoms with Gasteiger partial charge in [-0.3, -0.25) is 0 Å². The number of nitrogens with zero attached hydrogens (tertiary/aromatic N) is 4. The third kappa shape index (κ3) is 6.61. The van der Waals surface area contributed by atoms with Gasteiger partial charge in [-0.2, -0.15) is 0 Å². The Hall–Kier alpha value is -6.78. The molecule has 306 valence electrons. The SMILES string of the molecule is CCCCCCN1c2cc3ccccc3cc2N(c2ccccc2N2c3cc4ccccc4cc3N(CCCCCC)c3cc4ccccc4cc32)c2cc3ccccc3cc21. The topological polar surface area (TPSA) is 13.0 Å². The Morgan fingerprint density at radius 3 is 0.758 bits per heavy atom. The molecule has 0 saturated heterocycles. The molecular weight excluding hydrogens is 753 g/mol. The fourth-order valence-electron chi connectivity index (χ4n) is 10.2. The van der Waals surface area contributed by atoms with E-state index in [9.17, 15) is 0 Å². The molecule has 2 aliphatic rings. The van der Waals surface area contributed by atoms with Crippen molar-refractivity contribution >= 4 is 100.0 Å². The Kier molecular flexibility index (Phi) is 10.0. The van der Waals surface area contributed by atoms with Crippen LogP contribution >= 0.6 is 0 Å². The summed E-state index contributed by atoms with van der Waals surface area (Å²) in [6.45, 7) is 6.53. The summed E-state index contributed by atoms with van der Waals surface area (Å²) in [4.78, 5) is 10.4. The van der Waals surface area contributed by atoms with Crippen LogP contribution in [0.25, 0.3) is 43.1 Å². The zero-order valence-electron chi connectivity index (χ0n) is 36.0. The minimum Gasteiger partial charge on any atom is -0.338 e. The van der Waals surface area contributed by atoms with Crippen molar-refractivity contribution in [3.63, 3.8) is 0 Å². The van der Waals surface area contributed by atoms with Gasteiger partial charge in [0.25, 0.3) is 0 Å². The van der Waals surface area contributed by atoms with Gasteiger partial charge in [-0.05, 0) is 117 Å². The molecule has 9 aromatic carbocycles. The highest BCUT2D eigenvalue weighted by Crippen LogP contribution is 2.59. The van der Waals surface area contributed by atoms with Crippen molar-refractivity contribution in [3.05, 3.63) is 170 Å². The molecule has 0 unspecified atom stereocenters. The first-order valence-corrected chi connectivity index (χ1v) is 23.0. The lowest BCUT2D eigenvalue weighted by atomic mass is 9.97. The average Bonchev–Trinajstić information content (AvgIpc) is 3.31. The summed E-state index contributed by atoms with van der Waals surface area (Å²) in [7, 11) is 0. The molecule has 0 fully saturated rings. The maximum Gasteiger partial charge on any atom is 0.0707 e. The summed E-state index contributed by atoms with van der Waals surface area (Å²) < 4.78 is 0. The largest absolute Gasteiger partial charge is 0.338 e. The molecular formula is C58H54N4. The molecule has 0 spiro atoms. The molecule has 2 heterocycles. The van der Waals surface area contributed by atoms with E-state index in [0.717, 1.165) is 37.3 Å². The van der Waals surface area contributed by atoms with Crippen molar-refractivity contribution in [1.29, 1.82) is 0 Å². The van der Waals surface area contributed by atoms with Crippen molar-refractivity contribution in [2.75, 3.05) is 32.7 Å². The molecule has 0 atom stereocenters. The maximum absolute atomic E-state index is 2.62. The predicted octanol–water partition coefficient (Wildman–Crippen LogP) is 17.3. The lowest BCUT2D eigenvalue weighted by Crippen LogP contribution is -2.30. The number of para-hydroxylation sites is 2. The smallest absolute Gasteiger partial charge is 0.0707 e. The lowest BCUT2D eigenvalue weighted by molar-refractivity contribution is 0.667. The van der Waals surface area contributed by atoms with E-state index in [2.05, 4.69) is 203 Å². The van der Waals surface area contributed by atoms with Gasteiger partial charge in [0.15, 0.2) is 0 Å². The minimum absolute atomic E-state index is 0.966. The van der Waals surface area contributed by atoms with Crippen molar-refractivity contribution in [1.82, 2.24) is 0 Å². The number of hydrogen-bond acceptors (Lipinski definition) is 4. The standard InChI is InChI=1S/C58H54N4/c1-3-5-7-19-31-59-51-33-41-21-9-13-25-45(41)37-55(51)61(56-38-46-26-14-10-22-42(46)34-52(56)59)49-29-17-18-30-50(49)62-57-39-47-27-15-11-23-43(47)35-53(57)60(32-20-8-6-4-2)54-36-44-24-12-16-28-48(44)40-58(54)62/h9-18,21-30,33-40H,3-8,19-20,31-32H2,1-2H3. The third-order valence-electron chi connectivity index (χ3n) is 13.3. The van der Waals surface area contributed by atoms with E-state index in [1.54, 1.807) is 0 Å². The molecule has 0 bridgehead atoms. The van der Waals surface area contributed by atoms with Crippen molar-refractivity contribution in [3.8, 4) is 0 Å². The van der Waals surface area contributed by atoms with Crippen LogP contribution in [0.3, 0.4) is 0 Å². The number of unbranched alkanes of at least 4 members (excludes halogenated alkanes) is 6. The maximum atomic E-state index is 2.62. The monoisotopic (exact) mass is 806 g/mol. The second-order valence-corrected chi connectivity index (χ2v) is 17.3. The molecule has 11 rings (SSSR count). The molecule has 0 aliphatic carbocycles. The minimum atomic E-state index is 0.966. The van der Waals surface area contributed by atoms with Crippen LogP contribution in [-0.4, -0.2) is 13.1 Å². The predicted molar refractivity (Wildman–Crippen MR) is 268 cm³/mol. The molecule has 0 radical (unpaired) electrons. The fourth-order valence-corrected chi connectivity index (χ4v) is 10.2. The highest BCUT2D eigenvalue weighted by molar-refractivity contribution is 6.12. The number of fused-ring (bicyclic) bond motifs is 8. The number of benzene rings is 9. The van der Waals surface area contributed by atoms with E-state index in [4.69, 9.17) is 0 Å². The Balaban J connectivity index is 1.18. The normalized spacial score (nSPS) is 13.2. The quantitative estimate of drug-likeness (QED) is 0.114. The van der Waals surface area contributed by atoms with Crippen LogP contribution in [0, 0.1) is 0 Å². The van der Waals surface area contributed by atoms with Gasteiger partial charge < -0.3 is 19.6 Å². The average molecular weight is 807 g/mol. The molecule has 0 saturated carbocycles. The molecule has 0 aromatic heterocycles. The van der Waals surface area contributed by atoms with Gasteiger partial charge in [-0.25, -0.2) is 0 Å². The zero-order chi connectivity index (χ0) is 41.6. The van der Waals surface area contributed by atoms with Gasteiger partial charge in [0.1, 0.15) is 0 Å².